The molecule has 0 unspecified atom stereocenters. The lowest BCUT2D eigenvalue weighted by atomic mass is 10.3. The Hall–Kier alpha value is -1.96. The first-order valence-electron chi connectivity index (χ1n) is 6.76. The molecule has 0 saturated heterocycles. The van der Waals surface area contributed by atoms with Crippen molar-refractivity contribution in [2.45, 2.75) is 6.92 Å². The Kier molecular flexibility index (Phi) is 7.51. The lowest BCUT2D eigenvalue weighted by molar-refractivity contribution is -0.473. The highest BCUT2D eigenvalue weighted by Gasteiger charge is 2.12. The molecular weight excluding hydrogens is 350 g/mol. The van der Waals surface area contributed by atoms with Crippen molar-refractivity contribution in [2.75, 3.05) is 38.6 Å². The van der Waals surface area contributed by atoms with Crippen molar-refractivity contribution in [3.8, 4) is 0 Å². The molecule has 0 aliphatic rings. The normalized spacial score (nSPS) is 12.2. The monoisotopic (exact) mass is 369 g/mol. The molecule has 0 amide bonds. The molecule has 0 atom stereocenters. The summed E-state index contributed by atoms with van der Waals surface area (Å²) in [6.45, 7) is 2.97. The minimum Gasteiger partial charge on any atom is -0.371 e. The first-order valence-corrected chi connectivity index (χ1v) is 7.55. The molecule has 8 heteroatoms. The van der Waals surface area contributed by atoms with Gasteiger partial charge in [0.25, 0.3) is 0 Å². The summed E-state index contributed by atoms with van der Waals surface area (Å²) in [6, 6.07) is 0. The molecule has 0 N–H and O–H groups in total. The van der Waals surface area contributed by atoms with Gasteiger partial charge >= 0.3 is 0 Å². The average Bonchev–Trinajstić information content (AvgIpc) is 2.51. The molecule has 1 rings (SSSR count). The van der Waals surface area contributed by atoms with Gasteiger partial charge in [-0.25, -0.2) is 4.98 Å². The van der Waals surface area contributed by atoms with E-state index in [1.807, 2.05) is 36.9 Å². The van der Waals surface area contributed by atoms with Gasteiger partial charge in [0.05, 0.1) is 11.9 Å². The molecule has 0 aliphatic heterocycles. The van der Waals surface area contributed by atoms with Crippen LogP contribution in [-0.2, 0) is 0 Å². The SMILES string of the molecule is C/C=C(Br)\C=C(/C[N+](=O)[O-])N(C)CCN(C)c1cnccn1. The van der Waals surface area contributed by atoms with Gasteiger partial charge in [-0.3, -0.25) is 15.1 Å². The van der Waals surface area contributed by atoms with Gasteiger partial charge in [0, 0.05) is 49.0 Å². The van der Waals surface area contributed by atoms with E-state index >= 15 is 0 Å². The highest BCUT2D eigenvalue weighted by Crippen LogP contribution is 2.13. The quantitative estimate of drug-likeness (QED) is 0.397. The minimum atomic E-state index is -0.329. The van der Waals surface area contributed by atoms with Crippen LogP contribution >= 0.6 is 15.9 Å². The molecule has 7 nitrogen and oxygen atoms in total. The Morgan fingerprint density at radius 1 is 1.41 bits per heavy atom. The van der Waals surface area contributed by atoms with E-state index in [2.05, 4.69) is 25.9 Å². The molecule has 0 aromatic carbocycles. The Bertz CT molecular complexity index is 547. The van der Waals surface area contributed by atoms with Crippen molar-refractivity contribution in [2.24, 2.45) is 0 Å². The van der Waals surface area contributed by atoms with E-state index < -0.39 is 0 Å². The van der Waals surface area contributed by atoms with E-state index in [9.17, 15) is 10.1 Å². The van der Waals surface area contributed by atoms with Crippen LogP contribution in [0.25, 0.3) is 0 Å². The van der Waals surface area contributed by atoms with Gasteiger partial charge in [-0.05, 0) is 13.0 Å². The van der Waals surface area contributed by atoms with Crippen LogP contribution in [0.1, 0.15) is 6.92 Å². The summed E-state index contributed by atoms with van der Waals surface area (Å²) >= 11 is 3.36. The van der Waals surface area contributed by atoms with Crippen LogP contribution in [0, 0.1) is 10.1 Å². The average molecular weight is 370 g/mol. The number of aromatic nitrogens is 2. The molecule has 1 heterocycles. The number of nitrogens with zero attached hydrogens (tertiary/aromatic N) is 5. The van der Waals surface area contributed by atoms with Crippen LogP contribution in [0.4, 0.5) is 5.82 Å². The van der Waals surface area contributed by atoms with Crippen molar-refractivity contribution in [1.82, 2.24) is 14.9 Å². The molecular formula is C14H20BrN5O2. The number of halogens is 1. The maximum absolute atomic E-state index is 10.8. The third-order valence-corrected chi connectivity index (χ3v) is 3.76. The van der Waals surface area contributed by atoms with Crippen molar-refractivity contribution >= 4 is 21.7 Å². The zero-order valence-corrected chi connectivity index (χ0v) is 14.5. The number of anilines is 1. The van der Waals surface area contributed by atoms with Gasteiger partial charge < -0.3 is 9.80 Å². The standard InChI is InChI=1S/C14H20BrN5O2/c1-4-12(15)9-13(11-20(21)22)18(2)7-8-19(3)14-10-16-5-6-17-14/h4-6,9-10H,7-8,11H2,1-3H3/b12-4+,13-9+. The van der Waals surface area contributed by atoms with Crippen LogP contribution in [-0.4, -0.2) is 53.5 Å². The number of rotatable bonds is 8. The van der Waals surface area contributed by atoms with Crippen LogP contribution in [0.2, 0.25) is 0 Å². The smallest absolute Gasteiger partial charge is 0.243 e. The Balaban J connectivity index is 2.69. The van der Waals surface area contributed by atoms with Crippen molar-refractivity contribution in [1.29, 1.82) is 0 Å². The van der Waals surface area contributed by atoms with Gasteiger partial charge in [0.15, 0.2) is 0 Å². The van der Waals surface area contributed by atoms with Gasteiger partial charge in [-0.15, -0.1) is 0 Å². The van der Waals surface area contributed by atoms with E-state index in [1.165, 1.54) is 0 Å². The number of likely N-dealkylation sites (N-methyl/N-ethyl adjacent to an activating group) is 2. The van der Waals surface area contributed by atoms with E-state index in [0.717, 1.165) is 10.3 Å². The van der Waals surface area contributed by atoms with Gasteiger partial charge in [0.1, 0.15) is 5.82 Å². The van der Waals surface area contributed by atoms with Gasteiger partial charge in [0.2, 0.25) is 6.54 Å². The predicted molar refractivity (Wildman–Crippen MR) is 90.6 cm³/mol. The lowest BCUT2D eigenvalue weighted by Crippen LogP contribution is -2.32. The van der Waals surface area contributed by atoms with Crippen LogP contribution in [0.5, 0.6) is 0 Å². The lowest BCUT2D eigenvalue weighted by Gasteiger charge is -2.24. The molecule has 1 aromatic rings. The number of nitro groups is 1. The zero-order chi connectivity index (χ0) is 16.5. The number of hydrogen-bond donors (Lipinski definition) is 0. The molecule has 0 fully saturated rings. The van der Waals surface area contributed by atoms with E-state index in [1.54, 1.807) is 24.7 Å². The fourth-order valence-electron chi connectivity index (χ4n) is 1.70. The number of allylic oxidation sites excluding steroid dienone is 3. The summed E-state index contributed by atoms with van der Waals surface area (Å²) in [5.74, 6) is 0.769. The highest BCUT2D eigenvalue weighted by atomic mass is 79.9. The topological polar surface area (TPSA) is 75.4 Å². The second kappa shape index (κ2) is 9.14. The predicted octanol–water partition coefficient (Wildman–Crippen LogP) is 2.30. The van der Waals surface area contributed by atoms with Gasteiger partial charge in [-0.2, -0.15) is 0 Å². The van der Waals surface area contributed by atoms with Crippen molar-refractivity contribution < 1.29 is 4.92 Å². The summed E-state index contributed by atoms with van der Waals surface area (Å²) in [5.41, 5.74) is 0.641. The molecule has 0 saturated carbocycles. The Labute approximate surface area is 138 Å². The number of hydrogen-bond acceptors (Lipinski definition) is 6. The third kappa shape index (κ3) is 6.21. The molecule has 0 radical (unpaired) electrons. The second-order valence-corrected chi connectivity index (χ2v) is 5.62. The van der Waals surface area contributed by atoms with E-state index in [4.69, 9.17) is 0 Å². The Morgan fingerprint density at radius 3 is 2.68 bits per heavy atom. The van der Waals surface area contributed by atoms with E-state index in [0.29, 0.717) is 18.8 Å². The molecule has 1 aromatic heterocycles. The van der Waals surface area contributed by atoms with Crippen molar-refractivity contribution in [3.63, 3.8) is 0 Å². The molecule has 22 heavy (non-hydrogen) atoms. The summed E-state index contributed by atoms with van der Waals surface area (Å²) in [4.78, 5) is 22.6. The summed E-state index contributed by atoms with van der Waals surface area (Å²) in [6.07, 6.45) is 8.56. The molecule has 120 valence electrons. The first-order chi connectivity index (χ1) is 10.4. The maximum Gasteiger partial charge on any atom is 0.243 e. The van der Waals surface area contributed by atoms with Crippen molar-refractivity contribution in [3.05, 3.63) is 51.0 Å². The van der Waals surface area contributed by atoms with Gasteiger partial charge in [-0.1, -0.05) is 22.0 Å². The molecule has 0 aliphatic carbocycles. The maximum atomic E-state index is 10.8. The molecule has 0 bridgehead atoms. The largest absolute Gasteiger partial charge is 0.371 e. The fraction of sp³-hybridized carbons (Fsp3) is 0.429. The van der Waals surface area contributed by atoms with Crippen LogP contribution in [0.15, 0.2) is 40.9 Å². The zero-order valence-electron chi connectivity index (χ0n) is 12.9. The van der Waals surface area contributed by atoms with E-state index in [-0.39, 0.29) is 11.5 Å². The third-order valence-electron chi connectivity index (χ3n) is 3.07. The second-order valence-electron chi connectivity index (χ2n) is 4.71. The Morgan fingerprint density at radius 2 is 2.14 bits per heavy atom. The van der Waals surface area contributed by atoms with Crippen LogP contribution < -0.4 is 4.90 Å². The fourth-order valence-corrected chi connectivity index (χ4v) is 1.96. The summed E-state index contributed by atoms with van der Waals surface area (Å²) < 4.78 is 0.818. The summed E-state index contributed by atoms with van der Waals surface area (Å²) in [7, 11) is 3.76. The highest BCUT2D eigenvalue weighted by molar-refractivity contribution is 9.11. The first kappa shape index (κ1) is 18.1. The summed E-state index contributed by atoms with van der Waals surface area (Å²) in [5, 5.41) is 10.8. The minimum absolute atomic E-state index is 0.214. The molecule has 0 spiro atoms. The van der Waals surface area contributed by atoms with Crippen LogP contribution in [0.3, 0.4) is 0 Å².